The minimum Gasteiger partial charge on any atom is -0.490 e. The van der Waals surface area contributed by atoms with Crippen molar-refractivity contribution >= 4 is 74.5 Å². The van der Waals surface area contributed by atoms with Crippen LogP contribution in [0.3, 0.4) is 0 Å². The van der Waals surface area contributed by atoms with Gasteiger partial charge in [-0.25, -0.2) is 14.6 Å². The molecule has 2 heterocycles. The molecule has 0 saturated carbocycles. The van der Waals surface area contributed by atoms with Gasteiger partial charge in [-0.15, -0.1) is 0 Å². The first kappa shape index (κ1) is 37.1. The summed E-state index contributed by atoms with van der Waals surface area (Å²) < 4.78 is 31.3. The maximum absolute atomic E-state index is 14.2. The van der Waals surface area contributed by atoms with Gasteiger partial charge in [0.25, 0.3) is 5.56 Å². The molecule has 0 radical (unpaired) electrons. The Morgan fingerprint density at radius 3 is 2.44 bits per heavy atom. The molecule has 14 heteroatoms. The zero-order chi connectivity index (χ0) is 35.9. The number of benzene rings is 3. The van der Waals surface area contributed by atoms with Crippen LogP contribution in [-0.2, 0) is 25.7 Å². The largest absolute Gasteiger partial charge is 0.490 e. The predicted octanol–water partition coefficient (Wildman–Crippen LogP) is 5.41. The molecule has 3 aromatic carbocycles. The van der Waals surface area contributed by atoms with E-state index in [2.05, 4.69) is 61.0 Å². The van der Waals surface area contributed by atoms with Gasteiger partial charge in [0.1, 0.15) is 12.4 Å². The fourth-order valence-electron chi connectivity index (χ4n) is 5.24. The third-order valence-corrected chi connectivity index (χ3v) is 10.1. The van der Waals surface area contributed by atoms with Crippen LogP contribution in [0.5, 0.6) is 17.2 Å². The van der Waals surface area contributed by atoms with E-state index in [1.54, 1.807) is 44.2 Å². The van der Waals surface area contributed by atoms with E-state index in [4.69, 9.17) is 18.9 Å². The van der Waals surface area contributed by atoms with Gasteiger partial charge in [0, 0.05) is 5.56 Å². The van der Waals surface area contributed by atoms with Crippen LogP contribution in [-0.4, -0.2) is 43.4 Å². The normalized spacial score (nSPS) is 13.9. The summed E-state index contributed by atoms with van der Waals surface area (Å²) in [6, 6.07) is 17.5. The Morgan fingerprint density at radius 2 is 1.76 bits per heavy atom. The van der Waals surface area contributed by atoms with Crippen molar-refractivity contribution in [1.29, 1.82) is 5.26 Å². The third-order valence-electron chi connectivity index (χ3n) is 7.50. The molecule has 1 aliphatic heterocycles. The summed E-state index contributed by atoms with van der Waals surface area (Å²) in [6.07, 6.45) is 1.79. The molecule has 4 aromatic rings. The Labute approximate surface area is 319 Å². The Morgan fingerprint density at radius 1 is 1.02 bits per heavy atom. The zero-order valence-corrected chi connectivity index (χ0v) is 32.6. The summed E-state index contributed by atoms with van der Waals surface area (Å²) in [4.78, 5) is 44.4. The molecular weight excluding hydrogens is 888 g/mol. The van der Waals surface area contributed by atoms with Gasteiger partial charge in [-0.2, -0.15) is 5.26 Å². The lowest BCUT2D eigenvalue weighted by Crippen LogP contribution is -2.40. The molecule has 0 unspecified atom stereocenters. The molecule has 0 spiro atoms. The number of hydrogen-bond donors (Lipinski definition) is 0. The highest BCUT2D eigenvalue weighted by molar-refractivity contribution is 14.1. The molecule has 0 N–H and O–H groups in total. The molecule has 0 amide bonds. The number of halogens is 2. The summed E-state index contributed by atoms with van der Waals surface area (Å²) in [7, 11) is 1.27. The molecule has 0 bridgehead atoms. The van der Waals surface area contributed by atoms with Gasteiger partial charge >= 0.3 is 11.9 Å². The Hall–Kier alpha value is -4.21. The van der Waals surface area contributed by atoms with Crippen LogP contribution >= 0.6 is 56.5 Å². The summed E-state index contributed by atoms with van der Waals surface area (Å²) in [6.45, 7) is 5.59. The highest BCUT2D eigenvalue weighted by atomic mass is 127. The van der Waals surface area contributed by atoms with E-state index in [0.29, 0.717) is 50.0 Å². The van der Waals surface area contributed by atoms with Gasteiger partial charge in [0.05, 0.1) is 60.9 Å². The highest BCUT2D eigenvalue weighted by Gasteiger charge is 2.34. The Bertz CT molecular complexity index is 2200. The van der Waals surface area contributed by atoms with E-state index >= 15 is 0 Å². The topological polar surface area (TPSA) is 138 Å². The molecule has 50 heavy (non-hydrogen) atoms. The predicted molar refractivity (Wildman–Crippen MR) is 203 cm³/mol. The first-order chi connectivity index (χ1) is 24.1. The fraction of sp³-hybridized carbons (Fsp3) is 0.250. The van der Waals surface area contributed by atoms with Crippen LogP contribution in [0, 0.1) is 18.5 Å². The van der Waals surface area contributed by atoms with E-state index in [-0.39, 0.29) is 31.0 Å². The van der Waals surface area contributed by atoms with E-state index in [0.717, 1.165) is 18.3 Å². The van der Waals surface area contributed by atoms with Gasteiger partial charge in [-0.3, -0.25) is 9.36 Å². The number of hydrogen-bond acceptors (Lipinski definition) is 11. The second-order valence-electron chi connectivity index (χ2n) is 10.7. The second kappa shape index (κ2) is 16.7. The number of carbonyl (C=O) groups is 2. The molecule has 1 aliphatic rings. The zero-order valence-electron chi connectivity index (χ0n) is 27.5. The summed E-state index contributed by atoms with van der Waals surface area (Å²) >= 11 is 5.61. The minimum atomic E-state index is -0.881. The molecule has 1 atom stereocenters. The van der Waals surface area contributed by atoms with Crippen molar-refractivity contribution in [2.24, 2.45) is 4.99 Å². The molecule has 11 nitrogen and oxygen atoms in total. The number of carbonyl (C=O) groups excluding carboxylic acids is 2. The van der Waals surface area contributed by atoms with Crippen LogP contribution < -0.4 is 29.1 Å². The fourth-order valence-corrected chi connectivity index (χ4v) is 8.42. The van der Waals surface area contributed by atoms with Crippen molar-refractivity contribution in [1.82, 2.24) is 4.57 Å². The number of nitrogens with zero attached hydrogens (tertiary/aromatic N) is 3. The summed E-state index contributed by atoms with van der Waals surface area (Å²) in [5, 5.41) is 9.44. The molecule has 0 fully saturated rings. The van der Waals surface area contributed by atoms with Crippen LogP contribution in [0.15, 0.2) is 75.7 Å². The monoisotopic (exact) mass is 919 g/mol. The SMILES string of the molecule is CCOC(=O)C1=C(C)N=c2s/c(=C\c3cc(I)c(OCc4ccccc4C#N)c(I)c3)c(=O)n2[C@@H]1c1ccc(OCC(=O)OC)c(OCC)c1. The van der Waals surface area contributed by atoms with Crippen molar-refractivity contribution in [3.8, 4) is 23.3 Å². The van der Waals surface area contributed by atoms with E-state index in [1.165, 1.54) is 23.0 Å². The lowest BCUT2D eigenvalue weighted by molar-refractivity contribution is -0.143. The summed E-state index contributed by atoms with van der Waals surface area (Å²) in [5.74, 6) is 0.166. The molecule has 258 valence electrons. The van der Waals surface area contributed by atoms with Crippen LogP contribution in [0.2, 0.25) is 0 Å². The quantitative estimate of drug-likeness (QED) is 0.135. The van der Waals surface area contributed by atoms with Crippen molar-refractivity contribution in [3.05, 3.63) is 115 Å². The second-order valence-corrected chi connectivity index (χ2v) is 14.0. The van der Waals surface area contributed by atoms with E-state index in [9.17, 15) is 19.6 Å². The molecule has 5 rings (SSSR count). The van der Waals surface area contributed by atoms with E-state index in [1.807, 2.05) is 37.3 Å². The number of methoxy groups -OCH3 is 1. The molecule has 1 aromatic heterocycles. The number of aromatic nitrogens is 1. The standard InChI is InChI=1S/C36H31I2N3O8S/c1-5-46-28-16-22(11-12-27(28)48-19-30(42)45-4)32-31(35(44)47-6-2)20(3)40-36-41(32)34(43)29(50-36)15-21-13-25(37)33(26(38)14-21)49-18-24-10-8-7-9-23(24)17-39/h7-16,32H,5-6,18-19H2,1-4H3/b29-15-/t32-/m1/s1. The summed E-state index contributed by atoms with van der Waals surface area (Å²) in [5.41, 5.74) is 2.99. The van der Waals surface area contributed by atoms with Gasteiger partial charge < -0.3 is 23.7 Å². The minimum absolute atomic E-state index is 0.138. The number of rotatable bonds is 12. The Balaban J connectivity index is 1.57. The third kappa shape index (κ3) is 8.05. The van der Waals surface area contributed by atoms with Crippen molar-refractivity contribution < 1.29 is 33.3 Å². The van der Waals surface area contributed by atoms with E-state index < -0.39 is 18.0 Å². The Kier molecular flexibility index (Phi) is 12.4. The molecular formula is C36H31I2N3O8S. The number of fused-ring (bicyclic) bond motifs is 1. The van der Waals surface area contributed by atoms with Crippen molar-refractivity contribution in [2.75, 3.05) is 26.9 Å². The average Bonchev–Trinajstić information content (AvgIpc) is 3.40. The maximum Gasteiger partial charge on any atom is 0.343 e. The highest BCUT2D eigenvalue weighted by Crippen LogP contribution is 2.37. The van der Waals surface area contributed by atoms with Gasteiger partial charge in [-0.1, -0.05) is 35.6 Å². The molecule has 0 saturated heterocycles. The van der Waals surface area contributed by atoms with Crippen molar-refractivity contribution in [3.63, 3.8) is 0 Å². The van der Waals surface area contributed by atoms with Gasteiger partial charge in [0.2, 0.25) is 0 Å². The smallest absolute Gasteiger partial charge is 0.343 e. The van der Waals surface area contributed by atoms with Crippen LogP contribution in [0.4, 0.5) is 0 Å². The number of thiazole rings is 1. The lowest BCUT2D eigenvalue weighted by atomic mass is 9.95. The number of ether oxygens (including phenoxy) is 5. The van der Waals surface area contributed by atoms with Gasteiger partial charge in [0.15, 0.2) is 22.9 Å². The van der Waals surface area contributed by atoms with Gasteiger partial charge in [-0.05, 0) is 113 Å². The average molecular weight is 920 g/mol. The maximum atomic E-state index is 14.2. The number of allylic oxidation sites excluding steroid dienone is 1. The number of esters is 2. The first-order valence-corrected chi connectivity index (χ1v) is 18.3. The van der Waals surface area contributed by atoms with Crippen molar-refractivity contribution in [2.45, 2.75) is 33.4 Å². The van der Waals surface area contributed by atoms with Crippen LogP contribution in [0.1, 0.15) is 49.1 Å². The van der Waals surface area contributed by atoms with Crippen LogP contribution in [0.25, 0.3) is 6.08 Å². The first-order valence-electron chi connectivity index (χ1n) is 15.4. The molecule has 0 aliphatic carbocycles. The number of nitriles is 1. The lowest BCUT2D eigenvalue weighted by Gasteiger charge is -2.25.